The van der Waals surface area contributed by atoms with Gasteiger partial charge in [0.05, 0.1) is 5.69 Å². The molecule has 6 heteroatoms. The Balaban J connectivity index is 3.18. The summed E-state index contributed by atoms with van der Waals surface area (Å²) in [6.45, 7) is 5.83. The Bertz CT molecular complexity index is 420. The van der Waals surface area contributed by atoms with E-state index < -0.39 is 18.1 Å². The second-order valence-electron chi connectivity index (χ2n) is 5.17. The Morgan fingerprint density at radius 2 is 2.06 bits per heavy atom. The fourth-order valence-corrected chi connectivity index (χ4v) is 1.63. The predicted molar refractivity (Wildman–Crippen MR) is 62.5 cm³/mol. The molecule has 2 unspecified atom stereocenters. The Hall–Kier alpha value is -1.40. The first kappa shape index (κ1) is 13.7. The molecular weight excluding hydrogens is 222 g/mol. The lowest BCUT2D eigenvalue weighted by atomic mass is 9.87. The zero-order chi connectivity index (χ0) is 13.4. The van der Waals surface area contributed by atoms with Crippen molar-refractivity contribution >= 4 is 5.97 Å². The number of carbonyl (C=O) groups is 1. The number of carboxylic acids is 1. The summed E-state index contributed by atoms with van der Waals surface area (Å²) in [7, 11) is 1.72. The standard InChI is InChI=1S/C11H19N3O3/c1-11(2,3)9-6(5-14(4)13-9)8(15)7(12)10(16)17/h5,7-8,15H,12H2,1-4H3,(H,16,17). The van der Waals surface area contributed by atoms with Crippen LogP contribution in [0, 0.1) is 0 Å². The second kappa shape index (κ2) is 4.46. The van der Waals surface area contributed by atoms with Crippen molar-refractivity contribution in [2.24, 2.45) is 12.8 Å². The van der Waals surface area contributed by atoms with Crippen LogP contribution in [0.15, 0.2) is 6.20 Å². The van der Waals surface area contributed by atoms with Crippen LogP contribution in [-0.2, 0) is 17.3 Å². The quantitative estimate of drug-likeness (QED) is 0.700. The predicted octanol–water partition coefficient (Wildman–Crippen LogP) is 0.163. The summed E-state index contributed by atoms with van der Waals surface area (Å²) in [6, 6.07) is -1.35. The number of aliphatic carboxylic acids is 1. The zero-order valence-electron chi connectivity index (χ0n) is 10.5. The fraction of sp³-hybridized carbons (Fsp3) is 0.636. The highest BCUT2D eigenvalue weighted by atomic mass is 16.4. The molecule has 1 rings (SSSR count). The lowest BCUT2D eigenvalue weighted by Gasteiger charge is -2.21. The van der Waals surface area contributed by atoms with E-state index >= 15 is 0 Å². The first-order chi connectivity index (χ1) is 7.64. The molecule has 6 nitrogen and oxygen atoms in total. The van der Waals surface area contributed by atoms with Crippen molar-refractivity contribution < 1.29 is 15.0 Å². The molecule has 1 heterocycles. The van der Waals surface area contributed by atoms with Crippen molar-refractivity contribution in [1.29, 1.82) is 0 Å². The van der Waals surface area contributed by atoms with Gasteiger partial charge >= 0.3 is 5.97 Å². The molecule has 0 radical (unpaired) electrons. The molecule has 0 bridgehead atoms. The third-order valence-electron chi connectivity index (χ3n) is 2.51. The van der Waals surface area contributed by atoms with E-state index in [-0.39, 0.29) is 5.41 Å². The second-order valence-corrected chi connectivity index (χ2v) is 5.17. The third kappa shape index (κ3) is 2.83. The van der Waals surface area contributed by atoms with Gasteiger partial charge in [0, 0.05) is 24.2 Å². The zero-order valence-corrected chi connectivity index (χ0v) is 10.5. The van der Waals surface area contributed by atoms with Gasteiger partial charge in [-0.05, 0) is 0 Å². The van der Waals surface area contributed by atoms with Crippen LogP contribution < -0.4 is 5.73 Å². The molecule has 0 saturated heterocycles. The normalized spacial score (nSPS) is 15.6. The molecule has 0 aromatic carbocycles. The van der Waals surface area contributed by atoms with Crippen LogP contribution in [0.1, 0.15) is 38.1 Å². The maximum atomic E-state index is 10.8. The third-order valence-corrected chi connectivity index (χ3v) is 2.51. The summed E-state index contributed by atoms with van der Waals surface area (Å²) in [4.78, 5) is 10.8. The van der Waals surface area contributed by atoms with E-state index in [0.717, 1.165) is 0 Å². The van der Waals surface area contributed by atoms with Crippen molar-refractivity contribution in [2.45, 2.75) is 38.3 Å². The van der Waals surface area contributed by atoms with Gasteiger partial charge in [-0.1, -0.05) is 20.8 Å². The van der Waals surface area contributed by atoms with E-state index in [9.17, 15) is 9.90 Å². The molecule has 0 saturated carbocycles. The number of carboxylic acid groups (broad SMARTS) is 1. The first-order valence-corrected chi connectivity index (χ1v) is 5.35. The number of hydrogen-bond acceptors (Lipinski definition) is 4. The highest BCUT2D eigenvalue weighted by molar-refractivity contribution is 5.74. The van der Waals surface area contributed by atoms with Gasteiger partial charge in [-0.25, -0.2) is 0 Å². The smallest absolute Gasteiger partial charge is 0.323 e. The maximum absolute atomic E-state index is 10.8. The van der Waals surface area contributed by atoms with Gasteiger partial charge in [0.2, 0.25) is 0 Å². The van der Waals surface area contributed by atoms with Gasteiger partial charge in [-0.15, -0.1) is 0 Å². The number of rotatable bonds is 3. The van der Waals surface area contributed by atoms with Crippen molar-refractivity contribution in [3.63, 3.8) is 0 Å². The molecule has 17 heavy (non-hydrogen) atoms. The summed E-state index contributed by atoms with van der Waals surface area (Å²) in [6.07, 6.45) is 0.351. The average Bonchev–Trinajstić information content (AvgIpc) is 2.57. The number of hydrogen-bond donors (Lipinski definition) is 3. The van der Waals surface area contributed by atoms with Gasteiger partial charge < -0.3 is 15.9 Å². The molecule has 0 aliphatic carbocycles. The number of aromatic nitrogens is 2. The van der Waals surface area contributed by atoms with Crippen molar-refractivity contribution in [3.05, 3.63) is 17.5 Å². The summed E-state index contributed by atoms with van der Waals surface area (Å²) in [5, 5.41) is 23.0. The average molecular weight is 241 g/mol. The maximum Gasteiger partial charge on any atom is 0.323 e. The van der Waals surface area contributed by atoms with Crippen LogP contribution in [0.2, 0.25) is 0 Å². The van der Waals surface area contributed by atoms with E-state index in [1.165, 1.54) is 0 Å². The largest absolute Gasteiger partial charge is 0.480 e. The van der Waals surface area contributed by atoms with Crippen LogP contribution in [-0.4, -0.2) is 32.0 Å². The Morgan fingerprint density at radius 1 is 1.53 bits per heavy atom. The van der Waals surface area contributed by atoms with Crippen LogP contribution in [0.3, 0.4) is 0 Å². The highest BCUT2D eigenvalue weighted by Gasteiger charge is 2.31. The fourth-order valence-electron chi connectivity index (χ4n) is 1.63. The molecule has 96 valence electrons. The molecule has 0 spiro atoms. The molecule has 2 atom stereocenters. The lowest BCUT2D eigenvalue weighted by molar-refractivity contribution is -0.141. The number of nitrogens with zero attached hydrogens (tertiary/aromatic N) is 2. The van der Waals surface area contributed by atoms with E-state index in [0.29, 0.717) is 11.3 Å². The Kier molecular flexibility index (Phi) is 3.59. The van der Waals surface area contributed by atoms with Crippen molar-refractivity contribution in [3.8, 4) is 0 Å². The molecular formula is C11H19N3O3. The SMILES string of the molecule is Cn1cc(C(O)C(N)C(=O)O)c(C(C)(C)C)n1. The van der Waals surface area contributed by atoms with Crippen LogP contribution in [0.5, 0.6) is 0 Å². The number of nitrogens with two attached hydrogens (primary N) is 1. The minimum absolute atomic E-state index is 0.282. The summed E-state index contributed by atoms with van der Waals surface area (Å²) < 4.78 is 1.55. The minimum Gasteiger partial charge on any atom is -0.480 e. The Morgan fingerprint density at radius 3 is 2.47 bits per heavy atom. The number of aryl methyl sites for hydroxylation is 1. The molecule has 0 amide bonds. The first-order valence-electron chi connectivity index (χ1n) is 5.35. The van der Waals surface area contributed by atoms with Gasteiger partial charge in [0.15, 0.2) is 0 Å². The van der Waals surface area contributed by atoms with Gasteiger partial charge in [-0.2, -0.15) is 5.10 Å². The summed E-state index contributed by atoms with van der Waals surface area (Å²) >= 11 is 0. The van der Waals surface area contributed by atoms with Gasteiger partial charge in [0.1, 0.15) is 12.1 Å². The van der Waals surface area contributed by atoms with Crippen LogP contribution >= 0.6 is 0 Å². The van der Waals surface area contributed by atoms with E-state index in [1.807, 2.05) is 20.8 Å². The Labute approximate surface area is 100 Å². The van der Waals surface area contributed by atoms with E-state index in [2.05, 4.69) is 5.10 Å². The highest BCUT2D eigenvalue weighted by Crippen LogP contribution is 2.29. The summed E-state index contributed by atoms with van der Waals surface area (Å²) in [5.41, 5.74) is 6.27. The van der Waals surface area contributed by atoms with E-state index in [1.54, 1.807) is 17.9 Å². The lowest BCUT2D eigenvalue weighted by Crippen LogP contribution is -2.37. The van der Waals surface area contributed by atoms with Crippen molar-refractivity contribution in [1.82, 2.24) is 9.78 Å². The number of aliphatic hydroxyl groups excluding tert-OH is 1. The molecule has 0 aliphatic rings. The molecule has 0 fully saturated rings. The van der Waals surface area contributed by atoms with Gasteiger partial charge in [-0.3, -0.25) is 9.48 Å². The molecule has 1 aromatic rings. The molecule has 0 aliphatic heterocycles. The molecule has 1 aromatic heterocycles. The van der Waals surface area contributed by atoms with Crippen LogP contribution in [0.4, 0.5) is 0 Å². The van der Waals surface area contributed by atoms with Crippen LogP contribution in [0.25, 0.3) is 0 Å². The minimum atomic E-state index is -1.35. The van der Waals surface area contributed by atoms with Crippen molar-refractivity contribution in [2.75, 3.05) is 0 Å². The van der Waals surface area contributed by atoms with E-state index in [4.69, 9.17) is 10.8 Å². The number of aliphatic hydroxyl groups is 1. The molecule has 4 N–H and O–H groups in total. The summed E-state index contributed by atoms with van der Waals surface area (Å²) in [5.74, 6) is -1.23. The topological polar surface area (TPSA) is 101 Å². The monoisotopic (exact) mass is 241 g/mol. The van der Waals surface area contributed by atoms with Gasteiger partial charge in [0.25, 0.3) is 0 Å².